The van der Waals surface area contributed by atoms with E-state index in [1.165, 1.54) is 12.5 Å². The molecule has 0 saturated carbocycles. The van der Waals surface area contributed by atoms with E-state index in [0.717, 1.165) is 4.90 Å². The van der Waals surface area contributed by atoms with Gasteiger partial charge in [0.05, 0.1) is 5.69 Å². The number of nitrogens with zero attached hydrogens (tertiary/aromatic N) is 1. The molecule has 0 spiro atoms. The number of hydrogen-bond donors (Lipinski definition) is 1. The van der Waals surface area contributed by atoms with Crippen LogP contribution in [0.3, 0.4) is 0 Å². The first kappa shape index (κ1) is 16.9. The zero-order valence-corrected chi connectivity index (χ0v) is 12.8. The molecule has 1 saturated heterocycles. The number of imide groups is 1. The van der Waals surface area contributed by atoms with Gasteiger partial charge in [-0.15, -0.1) is 0 Å². The summed E-state index contributed by atoms with van der Waals surface area (Å²) >= 11 is 0. The lowest BCUT2D eigenvalue weighted by Crippen LogP contribution is -2.30. The van der Waals surface area contributed by atoms with Crippen molar-refractivity contribution in [1.29, 1.82) is 0 Å². The fourth-order valence-corrected chi connectivity index (χ4v) is 2.08. The van der Waals surface area contributed by atoms with Crippen LogP contribution in [-0.4, -0.2) is 17.7 Å². The van der Waals surface area contributed by atoms with Crippen LogP contribution in [0, 0.1) is 5.92 Å². The number of carbonyl (C=O) groups is 3. The van der Waals surface area contributed by atoms with Crippen LogP contribution in [0.4, 0.5) is 5.69 Å². The largest absolute Gasteiger partial charge is 0.366 e. The molecule has 2 rings (SSSR count). The normalized spacial score (nSPS) is 17.5. The summed E-state index contributed by atoms with van der Waals surface area (Å²) in [6, 6.07) is 6.25. The van der Waals surface area contributed by atoms with Crippen molar-refractivity contribution < 1.29 is 14.4 Å². The highest BCUT2D eigenvalue weighted by molar-refractivity contribution is 6.21. The van der Waals surface area contributed by atoms with Crippen LogP contribution in [0.5, 0.6) is 0 Å². The first-order valence-electron chi connectivity index (χ1n) is 7.22. The molecule has 1 aliphatic rings. The number of primary amides is 1. The maximum Gasteiger partial charge on any atom is 0.248 e. The van der Waals surface area contributed by atoms with Crippen molar-refractivity contribution in [2.45, 2.75) is 40.0 Å². The minimum atomic E-state index is -0.581. The van der Waals surface area contributed by atoms with Gasteiger partial charge in [0.15, 0.2) is 0 Å². The minimum Gasteiger partial charge on any atom is -0.366 e. The molecule has 3 amide bonds. The topological polar surface area (TPSA) is 80.5 Å². The second kappa shape index (κ2) is 7.57. The molecule has 114 valence electrons. The molecule has 0 radical (unpaired) electrons. The Morgan fingerprint density at radius 2 is 1.90 bits per heavy atom. The molecule has 2 N–H and O–H groups in total. The predicted octanol–water partition coefficient (Wildman–Crippen LogP) is 2.49. The van der Waals surface area contributed by atoms with Crippen LogP contribution in [-0.2, 0) is 9.59 Å². The Morgan fingerprint density at radius 1 is 1.29 bits per heavy atom. The Hall–Kier alpha value is -2.17. The van der Waals surface area contributed by atoms with Crippen molar-refractivity contribution in [1.82, 2.24) is 0 Å². The van der Waals surface area contributed by atoms with Gasteiger partial charge >= 0.3 is 0 Å². The molecule has 21 heavy (non-hydrogen) atoms. The van der Waals surface area contributed by atoms with Crippen LogP contribution >= 0.6 is 0 Å². The number of benzene rings is 1. The van der Waals surface area contributed by atoms with E-state index in [9.17, 15) is 14.4 Å². The highest BCUT2D eigenvalue weighted by Crippen LogP contribution is 2.28. The molecule has 1 unspecified atom stereocenters. The van der Waals surface area contributed by atoms with E-state index in [2.05, 4.69) is 13.8 Å². The molecule has 1 aromatic rings. The van der Waals surface area contributed by atoms with Crippen molar-refractivity contribution >= 4 is 23.4 Å². The summed E-state index contributed by atoms with van der Waals surface area (Å²) in [6.45, 7) is 6.12. The maximum atomic E-state index is 12.0. The SMILES string of the molecule is CCC.CCC1CC(=O)N(c2cccc(C(N)=O)c2)C1=O. The molecule has 5 heteroatoms. The van der Waals surface area contributed by atoms with E-state index >= 15 is 0 Å². The second-order valence-electron chi connectivity index (χ2n) is 5.00. The van der Waals surface area contributed by atoms with Crippen molar-refractivity contribution in [3.05, 3.63) is 29.8 Å². The zero-order chi connectivity index (χ0) is 16.0. The standard InChI is InChI=1S/C13H14N2O3.C3H8/c1-2-8-7-11(16)15(13(8)18)10-5-3-4-9(6-10)12(14)17;1-3-2/h3-6,8H,2,7H2,1H3,(H2,14,17);3H2,1-2H3. The van der Waals surface area contributed by atoms with Gasteiger partial charge in [0.1, 0.15) is 0 Å². The molecular weight excluding hydrogens is 268 g/mol. The van der Waals surface area contributed by atoms with E-state index in [4.69, 9.17) is 5.73 Å². The average Bonchev–Trinajstić information content (AvgIpc) is 2.74. The molecule has 1 atom stereocenters. The smallest absolute Gasteiger partial charge is 0.248 e. The maximum absolute atomic E-state index is 12.0. The Kier molecular flexibility index (Phi) is 6.09. The van der Waals surface area contributed by atoms with E-state index in [-0.39, 0.29) is 29.7 Å². The highest BCUT2D eigenvalue weighted by atomic mass is 16.2. The predicted molar refractivity (Wildman–Crippen MR) is 81.8 cm³/mol. The van der Waals surface area contributed by atoms with Crippen molar-refractivity contribution in [3.8, 4) is 0 Å². The summed E-state index contributed by atoms with van der Waals surface area (Å²) in [7, 11) is 0. The Labute approximate surface area is 125 Å². The van der Waals surface area contributed by atoms with Gasteiger partial charge in [0.2, 0.25) is 17.7 Å². The summed E-state index contributed by atoms with van der Waals surface area (Å²) in [6.07, 6.45) is 2.12. The van der Waals surface area contributed by atoms with E-state index < -0.39 is 5.91 Å². The van der Waals surface area contributed by atoms with Gasteiger partial charge in [-0.25, -0.2) is 0 Å². The molecule has 1 heterocycles. The van der Waals surface area contributed by atoms with Gasteiger partial charge in [-0.3, -0.25) is 19.3 Å². The van der Waals surface area contributed by atoms with Crippen LogP contribution < -0.4 is 10.6 Å². The number of anilines is 1. The number of nitrogens with two attached hydrogens (primary N) is 1. The van der Waals surface area contributed by atoms with Gasteiger partial charge in [-0.2, -0.15) is 0 Å². The summed E-state index contributed by atoms with van der Waals surface area (Å²) in [5.41, 5.74) is 5.88. The van der Waals surface area contributed by atoms with Crippen LogP contribution in [0.25, 0.3) is 0 Å². The van der Waals surface area contributed by atoms with Crippen LogP contribution in [0.2, 0.25) is 0 Å². The molecule has 1 fully saturated rings. The van der Waals surface area contributed by atoms with Gasteiger partial charge in [0.25, 0.3) is 0 Å². The molecule has 5 nitrogen and oxygen atoms in total. The van der Waals surface area contributed by atoms with Gasteiger partial charge in [-0.1, -0.05) is 33.3 Å². The summed E-state index contributed by atoms with van der Waals surface area (Å²) in [4.78, 5) is 36.1. The van der Waals surface area contributed by atoms with Gasteiger partial charge in [-0.05, 0) is 24.6 Å². The lowest BCUT2D eigenvalue weighted by atomic mass is 10.1. The highest BCUT2D eigenvalue weighted by Gasteiger charge is 2.38. The molecule has 0 aromatic heterocycles. The van der Waals surface area contributed by atoms with Crippen molar-refractivity contribution in [2.24, 2.45) is 11.7 Å². The van der Waals surface area contributed by atoms with Crippen molar-refractivity contribution in [3.63, 3.8) is 0 Å². The summed E-state index contributed by atoms with van der Waals surface area (Å²) < 4.78 is 0. The van der Waals surface area contributed by atoms with E-state index in [1.54, 1.807) is 18.2 Å². The first-order valence-corrected chi connectivity index (χ1v) is 7.22. The third-order valence-corrected chi connectivity index (χ3v) is 3.12. The molecule has 1 aromatic carbocycles. The fraction of sp³-hybridized carbons (Fsp3) is 0.438. The van der Waals surface area contributed by atoms with E-state index in [0.29, 0.717) is 12.1 Å². The molecule has 0 aliphatic carbocycles. The van der Waals surface area contributed by atoms with E-state index in [1.807, 2.05) is 6.92 Å². The zero-order valence-electron chi connectivity index (χ0n) is 12.8. The van der Waals surface area contributed by atoms with Crippen molar-refractivity contribution in [2.75, 3.05) is 4.90 Å². The fourth-order valence-electron chi connectivity index (χ4n) is 2.08. The number of carbonyl (C=O) groups excluding carboxylic acids is 3. The number of rotatable bonds is 3. The Balaban J connectivity index is 0.000000677. The minimum absolute atomic E-state index is 0.205. The lowest BCUT2D eigenvalue weighted by Gasteiger charge is -2.15. The monoisotopic (exact) mass is 290 g/mol. The Morgan fingerprint density at radius 3 is 2.38 bits per heavy atom. The number of amides is 3. The quantitative estimate of drug-likeness (QED) is 0.868. The van der Waals surface area contributed by atoms with Crippen LogP contribution in [0.15, 0.2) is 24.3 Å². The summed E-state index contributed by atoms with van der Waals surface area (Å²) in [5.74, 6) is -1.27. The molecule has 0 bridgehead atoms. The molecule has 1 aliphatic heterocycles. The van der Waals surface area contributed by atoms with Crippen LogP contribution in [0.1, 0.15) is 50.4 Å². The first-order chi connectivity index (χ1) is 9.96. The van der Waals surface area contributed by atoms with Gasteiger partial charge < -0.3 is 5.73 Å². The third-order valence-electron chi connectivity index (χ3n) is 3.12. The second-order valence-corrected chi connectivity index (χ2v) is 5.00. The average molecular weight is 290 g/mol. The third kappa shape index (κ3) is 3.90. The Bertz CT molecular complexity index is 540. The number of hydrogen-bond acceptors (Lipinski definition) is 3. The molecular formula is C16H22N2O3. The van der Waals surface area contributed by atoms with Gasteiger partial charge in [0, 0.05) is 17.9 Å². The summed E-state index contributed by atoms with van der Waals surface area (Å²) in [5, 5.41) is 0. The lowest BCUT2D eigenvalue weighted by molar-refractivity contribution is -0.122.